The number of hydrogen-bond donors (Lipinski definition) is 2. The van der Waals surface area contributed by atoms with E-state index in [0.717, 1.165) is 48.8 Å². The molecule has 1 fully saturated rings. The van der Waals surface area contributed by atoms with Crippen molar-refractivity contribution in [3.63, 3.8) is 0 Å². The summed E-state index contributed by atoms with van der Waals surface area (Å²) in [5.41, 5.74) is 6.99. The van der Waals surface area contributed by atoms with Crippen LogP contribution in [0.3, 0.4) is 0 Å². The normalized spacial score (nSPS) is 14.9. The number of carbonyl (C=O) groups is 1. The van der Waals surface area contributed by atoms with E-state index in [1.807, 2.05) is 13.8 Å². The molecule has 160 valence electrons. The maximum absolute atomic E-state index is 12.9. The summed E-state index contributed by atoms with van der Waals surface area (Å²) in [4.78, 5) is 15.2. The van der Waals surface area contributed by atoms with Crippen molar-refractivity contribution in [3.05, 3.63) is 23.8 Å². The predicted molar refractivity (Wildman–Crippen MR) is 116 cm³/mol. The molecule has 1 saturated heterocycles. The molecule has 0 aliphatic carbocycles. The molecule has 1 amide bonds. The van der Waals surface area contributed by atoms with Gasteiger partial charge in [-0.05, 0) is 43.9 Å². The first-order valence-electron chi connectivity index (χ1n) is 9.53. The predicted octanol–water partition coefficient (Wildman–Crippen LogP) is 2.21. The van der Waals surface area contributed by atoms with Gasteiger partial charge in [-0.15, -0.1) is 12.4 Å². The minimum atomic E-state index is -3.62. The van der Waals surface area contributed by atoms with Crippen LogP contribution >= 0.6 is 12.4 Å². The standard InChI is InChI=1S/C19H32N4O3S.ClH/c1-5-19(20,6-2)14-21-18(24)16-13-15(27(25,26)22(3)4)9-10-17(16)23-11-7-8-12-23;/h9-10,13H,5-8,11-12,14,20H2,1-4H3,(H,21,24);1H. The van der Waals surface area contributed by atoms with Crippen LogP contribution in [-0.2, 0) is 10.0 Å². The summed E-state index contributed by atoms with van der Waals surface area (Å²) in [5, 5.41) is 2.91. The van der Waals surface area contributed by atoms with E-state index < -0.39 is 15.6 Å². The number of hydrogen-bond acceptors (Lipinski definition) is 5. The lowest BCUT2D eigenvalue weighted by molar-refractivity contribution is 0.0942. The third kappa shape index (κ3) is 5.37. The van der Waals surface area contributed by atoms with Gasteiger partial charge in [0.1, 0.15) is 0 Å². The number of rotatable bonds is 8. The summed E-state index contributed by atoms with van der Waals surface area (Å²) in [6, 6.07) is 4.80. The van der Waals surface area contributed by atoms with Crippen molar-refractivity contribution >= 4 is 34.0 Å². The van der Waals surface area contributed by atoms with Gasteiger partial charge < -0.3 is 16.0 Å². The fourth-order valence-electron chi connectivity index (χ4n) is 3.15. The van der Waals surface area contributed by atoms with Gasteiger partial charge in [-0.1, -0.05) is 13.8 Å². The first-order valence-corrected chi connectivity index (χ1v) is 11.0. The molecular formula is C19H33ClN4O3S. The molecule has 9 heteroatoms. The molecule has 0 atom stereocenters. The molecule has 1 aliphatic rings. The highest BCUT2D eigenvalue weighted by atomic mass is 35.5. The van der Waals surface area contributed by atoms with Gasteiger partial charge in [0.15, 0.2) is 0 Å². The van der Waals surface area contributed by atoms with Crippen molar-refractivity contribution in [3.8, 4) is 0 Å². The molecular weight excluding hydrogens is 400 g/mol. The average molecular weight is 433 g/mol. The van der Waals surface area contributed by atoms with Crippen molar-refractivity contribution < 1.29 is 13.2 Å². The summed E-state index contributed by atoms with van der Waals surface area (Å²) in [6.45, 7) is 6.07. The molecule has 0 saturated carbocycles. The van der Waals surface area contributed by atoms with E-state index in [1.54, 1.807) is 12.1 Å². The van der Waals surface area contributed by atoms with E-state index in [2.05, 4.69) is 10.2 Å². The van der Waals surface area contributed by atoms with Crippen LogP contribution in [0.25, 0.3) is 0 Å². The number of anilines is 1. The number of nitrogens with zero attached hydrogens (tertiary/aromatic N) is 2. The van der Waals surface area contributed by atoms with Gasteiger partial charge in [0.05, 0.1) is 10.5 Å². The van der Waals surface area contributed by atoms with Crippen LogP contribution in [0.15, 0.2) is 23.1 Å². The molecule has 2 rings (SSSR count). The second-order valence-electron chi connectivity index (χ2n) is 7.41. The van der Waals surface area contributed by atoms with Crippen molar-refractivity contribution in [1.82, 2.24) is 9.62 Å². The lowest BCUT2D eigenvalue weighted by Crippen LogP contribution is -2.49. The van der Waals surface area contributed by atoms with Crippen LogP contribution in [0, 0.1) is 0 Å². The fourth-order valence-corrected chi connectivity index (χ4v) is 4.08. The highest BCUT2D eigenvalue weighted by molar-refractivity contribution is 7.89. The Labute approximate surface area is 175 Å². The van der Waals surface area contributed by atoms with Crippen molar-refractivity contribution in [2.45, 2.75) is 50.0 Å². The first kappa shape index (κ1) is 24.7. The average Bonchev–Trinajstić information content (AvgIpc) is 3.19. The van der Waals surface area contributed by atoms with Gasteiger partial charge in [-0.25, -0.2) is 12.7 Å². The summed E-state index contributed by atoms with van der Waals surface area (Å²) in [6.07, 6.45) is 3.63. The zero-order chi connectivity index (χ0) is 20.2. The zero-order valence-corrected chi connectivity index (χ0v) is 18.8. The first-order chi connectivity index (χ1) is 12.6. The third-order valence-corrected chi connectivity index (χ3v) is 7.26. The van der Waals surface area contributed by atoms with Crippen molar-refractivity contribution in [2.24, 2.45) is 5.73 Å². The Balaban J connectivity index is 0.00000392. The van der Waals surface area contributed by atoms with Crippen LogP contribution in [0.4, 0.5) is 5.69 Å². The highest BCUT2D eigenvalue weighted by Crippen LogP contribution is 2.28. The van der Waals surface area contributed by atoms with Gasteiger partial charge >= 0.3 is 0 Å². The Morgan fingerprint density at radius 1 is 1.21 bits per heavy atom. The lowest BCUT2D eigenvalue weighted by atomic mass is 9.94. The van der Waals surface area contributed by atoms with Gasteiger partial charge in [0.2, 0.25) is 10.0 Å². The van der Waals surface area contributed by atoms with E-state index in [9.17, 15) is 13.2 Å². The lowest BCUT2D eigenvalue weighted by Gasteiger charge is -2.28. The van der Waals surface area contributed by atoms with Crippen molar-refractivity contribution in [2.75, 3.05) is 38.6 Å². The monoisotopic (exact) mass is 432 g/mol. The minimum absolute atomic E-state index is 0. The van der Waals surface area contributed by atoms with Gasteiger partial charge in [-0.3, -0.25) is 4.79 Å². The molecule has 7 nitrogen and oxygen atoms in total. The van der Waals surface area contributed by atoms with Gasteiger partial charge in [0.25, 0.3) is 5.91 Å². The number of amides is 1. The van der Waals surface area contributed by atoms with Gasteiger partial charge in [-0.2, -0.15) is 0 Å². The fraction of sp³-hybridized carbons (Fsp3) is 0.632. The minimum Gasteiger partial charge on any atom is -0.371 e. The van der Waals surface area contributed by atoms with Crippen LogP contribution in [0.5, 0.6) is 0 Å². The molecule has 0 unspecified atom stereocenters. The molecule has 0 radical (unpaired) electrons. The number of carbonyl (C=O) groups excluding carboxylic acids is 1. The van der Waals surface area contributed by atoms with E-state index in [-0.39, 0.29) is 23.2 Å². The second kappa shape index (κ2) is 9.91. The third-order valence-electron chi connectivity index (χ3n) is 5.45. The number of sulfonamides is 1. The number of benzene rings is 1. The number of nitrogens with one attached hydrogen (secondary N) is 1. The van der Waals surface area contributed by atoms with Crippen LogP contribution in [-0.4, -0.2) is 57.9 Å². The summed E-state index contributed by atoms with van der Waals surface area (Å²) in [7, 11) is -0.654. The summed E-state index contributed by atoms with van der Waals surface area (Å²) in [5.74, 6) is -0.288. The Hall–Kier alpha value is -1.35. The molecule has 1 heterocycles. The van der Waals surface area contributed by atoms with Crippen LogP contribution in [0.2, 0.25) is 0 Å². The quantitative estimate of drug-likeness (QED) is 0.656. The smallest absolute Gasteiger partial charge is 0.253 e. The van der Waals surface area contributed by atoms with Gasteiger partial charge in [0, 0.05) is 45.0 Å². The molecule has 0 aromatic heterocycles. The van der Waals surface area contributed by atoms with E-state index in [1.165, 1.54) is 20.2 Å². The zero-order valence-electron chi connectivity index (χ0n) is 17.2. The largest absolute Gasteiger partial charge is 0.371 e. The van der Waals surface area contributed by atoms with Crippen LogP contribution in [0.1, 0.15) is 49.9 Å². The maximum Gasteiger partial charge on any atom is 0.253 e. The Morgan fingerprint density at radius 2 is 1.79 bits per heavy atom. The number of nitrogens with two attached hydrogens (primary N) is 1. The Bertz CT molecular complexity index is 773. The molecule has 3 N–H and O–H groups in total. The maximum atomic E-state index is 12.9. The Kier molecular flexibility index (Phi) is 8.74. The number of halogens is 1. The SMILES string of the molecule is CCC(N)(CC)CNC(=O)c1cc(S(=O)(=O)N(C)C)ccc1N1CCCC1.Cl. The Morgan fingerprint density at radius 3 is 2.29 bits per heavy atom. The molecule has 28 heavy (non-hydrogen) atoms. The van der Waals surface area contributed by atoms with Crippen LogP contribution < -0.4 is 16.0 Å². The molecule has 1 aliphatic heterocycles. The second-order valence-corrected chi connectivity index (χ2v) is 9.56. The van der Waals surface area contributed by atoms with E-state index >= 15 is 0 Å². The topological polar surface area (TPSA) is 95.7 Å². The molecule has 1 aromatic rings. The van der Waals surface area contributed by atoms with E-state index in [4.69, 9.17) is 5.73 Å². The molecule has 0 bridgehead atoms. The molecule has 0 spiro atoms. The molecule has 1 aromatic carbocycles. The van der Waals surface area contributed by atoms with Crippen molar-refractivity contribution in [1.29, 1.82) is 0 Å². The summed E-state index contributed by atoms with van der Waals surface area (Å²) >= 11 is 0. The summed E-state index contributed by atoms with van der Waals surface area (Å²) < 4.78 is 26.2. The highest BCUT2D eigenvalue weighted by Gasteiger charge is 2.26. The van der Waals surface area contributed by atoms with E-state index in [0.29, 0.717) is 12.1 Å².